The van der Waals surface area contributed by atoms with Crippen LogP contribution < -0.4 is 4.90 Å². The Morgan fingerprint density at radius 1 is 1.45 bits per heavy atom. The van der Waals surface area contributed by atoms with Gasteiger partial charge in [-0.3, -0.25) is 10.1 Å². The van der Waals surface area contributed by atoms with Crippen molar-refractivity contribution in [3.63, 3.8) is 0 Å². The minimum absolute atomic E-state index is 0.0716. The van der Waals surface area contributed by atoms with Crippen LogP contribution in [0.15, 0.2) is 18.2 Å². The molecule has 0 spiro atoms. The SMILES string of the molecule is O=C(O)c1cc(N(CCO)CC(F)F)ccc1[N+](=O)[O-]. The largest absolute Gasteiger partial charge is 0.477 e. The first-order chi connectivity index (χ1) is 9.36. The van der Waals surface area contributed by atoms with Crippen molar-refractivity contribution >= 4 is 17.3 Å². The van der Waals surface area contributed by atoms with Crippen molar-refractivity contribution in [2.75, 3.05) is 24.6 Å². The highest BCUT2D eigenvalue weighted by atomic mass is 19.3. The van der Waals surface area contributed by atoms with Gasteiger partial charge in [0.2, 0.25) is 0 Å². The number of carbonyl (C=O) groups is 1. The third kappa shape index (κ3) is 3.85. The summed E-state index contributed by atoms with van der Waals surface area (Å²) in [6.45, 7) is -1.26. The number of halogens is 2. The van der Waals surface area contributed by atoms with Crippen LogP contribution in [-0.4, -0.2) is 47.2 Å². The van der Waals surface area contributed by atoms with Gasteiger partial charge in [-0.05, 0) is 12.1 Å². The minimum Gasteiger partial charge on any atom is -0.477 e. The Labute approximate surface area is 112 Å². The molecule has 110 valence electrons. The first kappa shape index (κ1) is 15.8. The average molecular weight is 290 g/mol. The van der Waals surface area contributed by atoms with E-state index in [0.29, 0.717) is 0 Å². The van der Waals surface area contributed by atoms with Gasteiger partial charge in [-0.2, -0.15) is 0 Å². The van der Waals surface area contributed by atoms with Crippen LogP contribution in [0.5, 0.6) is 0 Å². The van der Waals surface area contributed by atoms with Crippen LogP contribution in [0.25, 0.3) is 0 Å². The number of carboxylic acid groups (broad SMARTS) is 1. The van der Waals surface area contributed by atoms with E-state index in [2.05, 4.69) is 0 Å². The number of hydrogen-bond acceptors (Lipinski definition) is 5. The second kappa shape index (κ2) is 6.75. The molecule has 9 heteroatoms. The quantitative estimate of drug-likeness (QED) is 0.580. The van der Waals surface area contributed by atoms with Gasteiger partial charge in [0.05, 0.1) is 18.1 Å². The van der Waals surface area contributed by atoms with E-state index in [1.54, 1.807) is 0 Å². The highest BCUT2D eigenvalue weighted by Gasteiger charge is 2.22. The summed E-state index contributed by atoms with van der Waals surface area (Å²) in [5.74, 6) is -1.53. The molecule has 0 saturated heterocycles. The van der Waals surface area contributed by atoms with Crippen LogP contribution in [0.3, 0.4) is 0 Å². The normalized spacial score (nSPS) is 10.6. The van der Waals surface area contributed by atoms with E-state index < -0.39 is 41.7 Å². The summed E-state index contributed by atoms with van der Waals surface area (Å²) in [6, 6.07) is 3.05. The lowest BCUT2D eigenvalue weighted by atomic mass is 10.1. The Kier molecular flexibility index (Phi) is 5.32. The zero-order valence-electron chi connectivity index (χ0n) is 10.2. The Balaban J connectivity index is 3.20. The van der Waals surface area contributed by atoms with Crippen molar-refractivity contribution in [2.45, 2.75) is 6.43 Å². The first-order valence-electron chi connectivity index (χ1n) is 5.52. The third-order valence-electron chi connectivity index (χ3n) is 2.50. The van der Waals surface area contributed by atoms with Gasteiger partial charge in [-0.1, -0.05) is 0 Å². The zero-order chi connectivity index (χ0) is 15.3. The summed E-state index contributed by atoms with van der Waals surface area (Å²) in [6.07, 6.45) is -2.69. The van der Waals surface area contributed by atoms with Crippen molar-refractivity contribution < 1.29 is 28.7 Å². The number of benzene rings is 1. The zero-order valence-corrected chi connectivity index (χ0v) is 10.2. The molecule has 0 aliphatic heterocycles. The van der Waals surface area contributed by atoms with Gasteiger partial charge in [-0.25, -0.2) is 13.6 Å². The van der Waals surface area contributed by atoms with Gasteiger partial charge in [0.1, 0.15) is 5.56 Å². The smallest absolute Gasteiger partial charge is 0.342 e. The molecule has 0 heterocycles. The fraction of sp³-hybridized carbons (Fsp3) is 0.364. The fourth-order valence-corrected chi connectivity index (χ4v) is 1.66. The van der Waals surface area contributed by atoms with E-state index in [4.69, 9.17) is 10.2 Å². The Morgan fingerprint density at radius 2 is 2.10 bits per heavy atom. The molecule has 0 amide bonds. The fourth-order valence-electron chi connectivity index (χ4n) is 1.66. The number of alkyl halides is 2. The molecular formula is C11H12F2N2O5. The topological polar surface area (TPSA) is 104 Å². The maximum absolute atomic E-state index is 12.4. The number of aromatic carboxylic acids is 1. The lowest BCUT2D eigenvalue weighted by Crippen LogP contribution is -2.31. The minimum atomic E-state index is -2.69. The molecule has 0 aliphatic carbocycles. The molecule has 0 unspecified atom stereocenters. The van der Waals surface area contributed by atoms with Crippen LogP contribution in [0.2, 0.25) is 0 Å². The van der Waals surface area contributed by atoms with E-state index >= 15 is 0 Å². The number of anilines is 1. The number of nitro benzene ring substituents is 1. The number of hydrogen-bond donors (Lipinski definition) is 2. The van der Waals surface area contributed by atoms with Crippen molar-refractivity contribution in [1.29, 1.82) is 0 Å². The van der Waals surface area contributed by atoms with Crippen molar-refractivity contribution in [1.82, 2.24) is 0 Å². The van der Waals surface area contributed by atoms with Crippen LogP contribution in [0.4, 0.5) is 20.2 Å². The van der Waals surface area contributed by atoms with Crippen LogP contribution in [0, 0.1) is 10.1 Å². The summed E-state index contributed by atoms with van der Waals surface area (Å²) in [4.78, 5) is 21.8. The molecule has 0 radical (unpaired) electrons. The molecule has 0 fully saturated rings. The number of nitrogens with zero attached hydrogens (tertiary/aromatic N) is 2. The average Bonchev–Trinajstić information content (AvgIpc) is 2.36. The van der Waals surface area contributed by atoms with Gasteiger partial charge < -0.3 is 15.1 Å². The van der Waals surface area contributed by atoms with E-state index in [-0.39, 0.29) is 12.2 Å². The summed E-state index contributed by atoms with van der Waals surface area (Å²) in [5.41, 5.74) is -1.14. The standard InChI is InChI=1S/C11H12F2N2O5/c12-10(13)6-14(3-4-16)7-1-2-9(15(19)20)8(5-7)11(17)18/h1-2,5,10,16H,3-4,6H2,(H,17,18). The molecule has 1 aromatic carbocycles. The molecule has 0 atom stereocenters. The summed E-state index contributed by atoms with van der Waals surface area (Å²) < 4.78 is 24.8. The van der Waals surface area contributed by atoms with E-state index in [1.807, 2.05) is 0 Å². The maximum atomic E-state index is 12.4. The van der Waals surface area contributed by atoms with Crippen molar-refractivity contribution in [2.24, 2.45) is 0 Å². The Hall–Kier alpha value is -2.29. The Bertz CT molecular complexity index is 510. The number of rotatable bonds is 7. The van der Waals surface area contributed by atoms with E-state index in [1.165, 1.54) is 6.07 Å². The number of nitro groups is 1. The molecule has 1 rings (SSSR count). The predicted octanol–water partition coefficient (Wildman–Crippen LogP) is 1.36. The van der Waals surface area contributed by atoms with Crippen LogP contribution in [-0.2, 0) is 0 Å². The predicted molar refractivity (Wildman–Crippen MR) is 65.4 cm³/mol. The number of carboxylic acids is 1. The molecule has 2 N–H and O–H groups in total. The summed E-state index contributed by atoms with van der Waals surface area (Å²) in [7, 11) is 0. The summed E-state index contributed by atoms with van der Waals surface area (Å²) in [5, 5.41) is 28.4. The second-order valence-corrected chi connectivity index (χ2v) is 3.82. The highest BCUT2D eigenvalue weighted by molar-refractivity contribution is 5.93. The van der Waals surface area contributed by atoms with Crippen LogP contribution >= 0.6 is 0 Å². The molecule has 1 aromatic rings. The summed E-state index contributed by atoms with van der Waals surface area (Å²) >= 11 is 0. The van der Waals surface area contributed by atoms with Crippen molar-refractivity contribution in [3.05, 3.63) is 33.9 Å². The van der Waals surface area contributed by atoms with Crippen LogP contribution in [0.1, 0.15) is 10.4 Å². The molecule has 0 bridgehead atoms. The molecule has 0 aliphatic rings. The van der Waals surface area contributed by atoms with E-state index in [9.17, 15) is 23.7 Å². The number of aliphatic hydroxyl groups is 1. The lowest BCUT2D eigenvalue weighted by molar-refractivity contribution is -0.385. The van der Waals surface area contributed by atoms with Gasteiger partial charge >= 0.3 is 5.97 Å². The lowest BCUT2D eigenvalue weighted by Gasteiger charge is -2.23. The highest BCUT2D eigenvalue weighted by Crippen LogP contribution is 2.25. The maximum Gasteiger partial charge on any atom is 0.342 e. The number of aliphatic hydroxyl groups excluding tert-OH is 1. The first-order valence-corrected chi connectivity index (χ1v) is 5.52. The van der Waals surface area contributed by atoms with Gasteiger partial charge in [0.15, 0.2) is 0 Å². The molecule has 20 heavy (non-hydrogen) atoms. The van der Waals surface area contributed by atoms with Gasteiger partial charge in [0, 0.05) is 18.3 Å². The Morgan fingerprint density at radius 3 is 2.55 bits per heavy atom. The van der Waals surface area contributed by atoms with Crippen molar-refractivity contribution in [3.8, 4) is 0 Å². The monoisotopic (exact) mass is 290 g/mol. The molecular weight excluding hydrogens is 278 g/mol. The van der Waals surface area contributed by atoms with Gasteiger partial charge in [0.25, 0.3) is 12.1 Å². The van der Waals surface area contributed by atoms with Gasteiger partial charge in [-0.15, -0.1) is 0 Å². The third-order valence-corrected chi connectivity index (χ3v) is 2.50. The second-order valence-electron chi connectivity index (χ2n) is 3.82. The molecule has 7 nitrogen and oxygen atoms in total. The molecule has 0 aromatic heterocycles. The van der Waals surface area contributed by atoms with E-state index in [0.717, 1.165) is 17.0 Å². The molecule has 0 saturated carbocycles.